The van der Waals surface area contributed by atoms with Crippen molar-refractivity contribution in [1.82, 2.24) is 10.2 Å². The van der Waals surface area contributed by atoms with Gasteiger partial charge >= 0.3 is 176 Å². The van der Waals surface area contributed by atoms with Gasteiger partial charge in [-0.25, -0.2) is 0 Å². The predicted molar refractivity (Wildman–Crippen MR) is 115 cm³/mol. The molecule has 30 heavy (non-hydrogen) atoms. The van der Waals surface area contributed by atoms with Crippen molar-refractivity contribution in [2.45, 2.75) is 39.8 Å². The van der Waals surface area contributed by atoms with E-state index in [0.717, 1.165) is 11.1 Å². The van der Waals surface area contributed by atoms with E-state index in [1.807, 2.05) is 76.2 Å². The molecule has 0 radical (unpaired) electrons. The molecular formula is C22H27N2O5P. The monoisotopic (exact) mass is 430 g/mol. The Hall–Kier alpha value is -2.47. The fraction of sp³-hybridized carbons (Fsp3) is 0.364. The molecule has 0 bridgehead atoms. The van der Waals surface area contributed by atoms with Crippen LogP contribution in [0.1, 0.15) is 27.7 Å². The molecule has 2 saturated heterocycles. The van der Waals surface area contributed by atoms with Crippen molar-refractivity contribution in [2.24, 2.45) is 11.8 Å². The van der Waals surface area contributed by atoms with Crippen LogP contribution in [-0.4, -0.2) is 24.0 Å². The summed E-state index contributed by atoms with van der Waals surface area (Å²) in [5.74, 6) is -0.693. The summed E-state index contributed by atoms with van der Waals surface area (Å²) < 4.78 is 18.1. The molecule has 8 heteroatoms. The third kappa shape index (κ3) is 3.47. The fourth-order valence-electron chi connectivity index (χ4n) is 3.70. The van der Waals surface area contributed by atoms with Gasteiger partial charge < -0.3 is 0 Å². The maximum absolute atomic E-state index is 12.7. The number of benzene rings is 2. The molecule has 0 amide bonds. The molecule has 1 spiro atoms. The molecular weight excluding hydrogens is 403 g/mol. The van der Waals surface area contributed by atoms with Crippen LogP contribution in [0.5, 0.6) is 5.75 Å². The van der Waals surface area contributed by atoms with Gasteiger partial charge in [0.25, 0.3) is 0 Å². The minimum atomic E-state index is -4.50. The standard InChI is InChI=1S/C22H27N2O5P/c1-14(2)19-21(25)28-30(23-19,24-20(15(3)4)22(26)29-30)27-18-13-9-8-12-17(18)16-10-6-5-7-11-16/h5-15,19-20,23-24H,1-4H3/t19-,20-/m0/s1. The summed E-state index contributed by atoms with van der Waals surface area (Å²) in [4.78, 5) is 25.5. The molecule has 160 valence electrons. The summed E-state index contributed by atoms with van der Waals surface area (Å²) in [6.45, 7) is 7.58. The average Bonchev–Trinajstić information content (AvgIpc) is 3.16. The zero-order valence-electron chi connectivity index (χ0n) is 17.5. The zero-order valence-corrected chi connectivity index (χ0v) is 18.4. The minimum absolute atomic E-state index is 0.0782. The van der Waals surface area contributed by atoms with Crippen LogP contribution in [-0.2, 0) is 18.6 Å². The SMILES string of the molecule is CC(C)[C@@H]1NP2(Oc3ccccc3-c3ccccc3)(N[C@@H](C(C)C)C(=O)O2)OC1=O. The van der Waals surface area contributed by atoms with E-state index in [0.29, 0.717) is 5.75 Å². The van der Waals surface area contributed by atoms with Crippen LogP contribution in [0, 0.1) is 11.8 Å². The molecule has 4 rings (SSSR count). The van der Waals surface area contributed by atoms with Gasteiger partial charge in [-0.2, -0.15) is 0 Å². The molecule has 2 aliphatic heterocycles. The number of nitrogens with one attached hydrogen (secondary N) is 2. The van der Waals surface area contributed by atoms with Crippen LogP contribution in [0.25, 0.3) is 11.1 Å². The first-order valence-corrected chi connectivity index (χ1v) is 12.1. The van der Waals surface area contributed by atoms with Crippen molar-refractivity contribution in [2.75, 3.05) is 0 Å². The van der Waals surface area contributed by atoms with Gasteiger partial charge in [0.05, 0.1) is 0 Å². The first kappa shape index (κ1) is 20.8. The van der Waals surface area contributed by atoms with Crippen molar-refractivity contribution in [3.63, 3.8) is 0 Å². The Morgan fingerprint density at radius 2 is 1.30 bits per heavy atom. The Labute approximate surface area is 176 Å². The Kier molecular flexibility index (Phi) is 5.09. The summed E-state index contributed by atoms with van der Waals surface area (Å²) in [6.07, 6.45) is 0. The van der Waals surface area contributed by atoms with E-state index in [9.17, 15) is 9.59 Å². The van der Waals surface area contributed by atoms with Crippen LogP contribution in [0.15, 0.2) is 54.6 Å². The van der Waals surface area contributed by atoms with Crippen LogP contribution >= 0.6 is 7.59 Å². The Morgan fingerprint density at radius 1 is 0.800 bits per heavy atom. The second-order valence-corrected chi connectivity index (χ2v) is 11.2. The Morgan fingerprint density at radius 3 is 1.80 bits per heavy atom. The molecule has 0 saturated carbocycles. The second kappa shape index (κ2) is 7.34. The number of carbonyl (C=O) groups excluding carboxylic acids is 2. The van der Waals surface area contributed by atoms with Crippen LogP contribution < -0.4 is 14.7 Å². The molecule has 2 aromatic carbocycles. The van der Waals surface area contributed by atoms with Crippen LogP contribution in [0.4, 0.5) is 0 Å². The maximum atomic E-state index is 12.7. The Bertz CT molecular complexity index is 943. The van der Waals surface area contributed by atoms with Crippen molar-refractivity contribution in [3.05, 3.63) is 54.6 Å². The number of rotatable bonds is 5. The first-order valence-electron chi connectivity index (χ1n) is 10.1. The summed E-state index contributed by atoms with van der Waals surface area (Å²) in [6, 6.07) is 15.8. The first-order chi connectivity index (χ1) is 14.2. The summed E-state index contributed by atoms with van der Waals surface area (Å²) in [5, 5.41) is 6.31. The van der Waals surface area contributed by atoms with E-state index in [1.54, 1.807) is 6.07 Å². The van der Waals surface area contributed by atoms with Gasteiger partial charge in [0.15, 0.2) is 0 Å². The molecule has 2 atom stereocenters. The molecule has 2 fully saturated rings. The third-order valence-corrected chi connectivity index (χ3v) is 8.31. The molecule has 0 unspecified atom stereocenters. The Balaban J connectivity index is 1.81. The van der Waals surface area contributed by atoms with Crippen molar-refractivity contribution < 1.29 is 23.2 Å². The van der Waals surface area contributed by atoms with Crippen molar-refractivity contribution in [1.29, 1.82) is 0 Å². The summed E-state index contributed by atoms with van der Waals surface area (Å²) in [7, 11) is -4.50. The van der Waals surface area contributed by atoms with Gasteiger partial charge in [0.2, 0.25) is 0 Å². The summed E-state index contributed by atoms with van der Waals surface area (Å²) in [5.41, 5.74) is 1.73. The van der Waals surface area contributed by atoms with E-state index < -0.39 is 31.6 Å². The van der Waals surface area contributed by atoms with Crippen molar-refractivity contribution >= 4 is 19.5 Å². The number of hydrogen-bond donors (Lipinski definition) is 2. The quantitative estimate of drug-likeness (QED) is 0.688. The number of para-hydroxylation sites is 1. The van der Waals surface area contributed by atoms with Crippen LogP contribution in [0.3, 0.4) is 0 Å². The normalized spacial score (nSPS) is 25.7. The second-order valence-electron chi connectivity index (χ2n) is 8.36. The van der Waals surface area contributed by atoms with Crippen LogP contribution in [0.2, 0.25) is 0 Å². The third-order valence-electron chi connectivity index (χ3n) is 5.31. The van der Waals surface area contributed by atoms with E-state index in [4.69, 9.17) is 13.6 Å². The predicted octanol–water partition coefficient (Wildman–Crippen LogP) is 4.20. The number of carbonyl (C=O) groups is 2. The summed E-state index contributed by atoms with van der Waals surface area (Å²) >= 11 is 0. The van der Waals surface area contributed by atoms with Crippen molar-refractivity contribution in [3.8, 4) is 16.9 Å². The molecule has 2 aromatic rings. The van der Waals surface area contributed by atoms with E-state index in [2.05, 4.69) is 10.2 Å². The van der Waals surface area contributed by atoms with Gasteiger partial charge in [-0.3, -0.25) is 0 Å². The average molecular weight is 430 g/mol. The molecule has 0 aromatic heterocycles. The molecule has 2 N–H and O–H groups in total. The van der Waals surface area contributed by atoms with Gasteiger partial charge in [-0.05, 0) is 0 Å². The molecule has 0 aliphatic carbocycles. The van der Waals surface area contributed by atoms with Gasteiger partial charge in [0, 0.05) is 0 Å². The molecule has 2 heterocycles. The van der Waals surface area contributed by atoms with Gasteiger partial charge in [-0.15, -0.1) is 0 Å². The van der Waals surface area contributed by atoms with Gasteiger partial charge in [0.1, 0.15) is 0 Å². The van der Waals surface area contributed by atoms with Gasteiger partial charge in [-0.1, -0.05) is 0 Å². The van der Waals surface area contributed by atoms with E-state index in [1.165, 1.54) is 0 Å². The zero-order chi connectivity index (χ0) is 21.5. The fourth-order valence-corrected chi connectivity index (χ4v) is 7.37. The van der Waals surface area contributed by atoms with E-state index >= 15 is 0 Å². The van der Waals surface area contributed by atoms with E-state index in [-0.39, 0.29) is 11.8 Å². The molecule has 7 nitrogen and oxygen atoms in total. The number of hydrogen-bond acceptors (Lipinski definition) is 7. The topological polar surface area (TPSA) is 85.9 Å². The molecule has 2 aliphatic rings.